The summed E-state index contributed by atoms with van der Waals surface area (Å²) in [6.45, 7) is 9.44. The highest BCUT2D eigenvalue weighted by molar-refractivity contribution is 5.79. The molecule has 0 fully saturated rings. The zero-order chi connectivity index (χ0) is 14.4. The molecule has 1 atom stereocenters. The highest BCUT2D eigenvalue weighted by Crippen LogP contribution is 2.26. The summed E-state index contributed by atoms with van der Waals surface area (Å²) in [5, 5.41) is 7.50. The molecule has 5 heteroatoms. The quantitative estimate of drug-likeness (QED) is 0.585. The molecule has 0 aliphatic rings. The van der Waals surface area contributed by atoms with Gasteiger partial charge in [0.15, 0.2) is 11.6 Å². The third-order valence-corrected chi connectivity index (χ3v) is 2.82. The maximum atomic E-state index is 7.50. The number of rotatable bonds is 7. The number of ether oxygens (including phenoxy) is 1. The van der Waals surface area contributed by atoms with Crippen molar-refractivity contribution in [1.29, 1.82) is 5.41 Å². The topological polar surface area (TPSA) is 75.2 Å². The van der Waals surface area contributed by atoms with Crippen molar-refractivity contribution in [3.05, 3.63) is 18.3 Å². The van der Waals surface area contributed by atoms with Gasteiger partial charge < -0.3 is 15.4 Å². The van der Waals surface area contributed by atoms with Crippen LogP contribution in [0.2, 0.25) is 0 Å². The Morgan fingerprint density at radius 1 is 1.47 bits per heavy atom. The fraction of sp³-hybridized carbons (Fsp3) is 0.571. The van der Waals surface area contributed by atoms with Crippen molar-refractivity contribution in [2.45, 2.75) is 33.8 Å². The SMILES string of the molecule is CCN(CC(C)C(=N)N)c1ncccc1OC(C)C. The smallest absolute Gasteiger partial charge is 0.171 e. The van der Waals surface area contributed by atoms with Crippen molar-refractivity contribution in [2.75, 3.05) is 18.0 Å². The van der Waals surface area contributed by atoms with Gasteiger partial charge in [0.05, 0.1) is 11.9 Å². The van der Waals surface area contributed by atoms with Crippen LogP contribution in [0.25, 0.3) is 0 Å². The van der Waals surface area contributed by atoms with Crippen molar-refractivity contribution < 1.29 is 4.74 Å². The number of amidine groups is 1. The van der Waals surface area contributed by atoms with Crippen LogP contribution in [0.1, 0.15) is 27.7 Å². The van der Waals surface area contributed by atoms with Crippen molar-refractivity contribution in [2.24, 2.45) is 11.7 Å². The molecular weight excluding hydrogens is 240 g/mol. The highest BCUT2D eigenvalue weighted by Gasteiger charge is 2.17. The van der Waals surface area contributed by atoms with E-state index in [2.05, 4.69) is 16.8 Å². The minimum Gasteiger partial charge on any atom is -0.487 e. The molecule has 0 spiro atoms. The van der Waals surface area contributed by atoms with Gasteiger partial charge >= 0.3 is 0 Å². The van der Waals surface area contributed by atoms with Crippen molar-refractivity contribution >= 4 is 11.7 Å². The molecule has 0 radical (unpaired) electrons. The molecule has 1 unspecified atom stereocenters. The van der Waals surface area contributed by atoms with Crippen molar-refractivity contribution in [1.82, 2.24) is 4.98 Å². The second kappa shape index (κ2) is 6.97. The van der Waals surface area contributed by atoms with Gasteiger partial charge in [-0.15, -0.1) is 0 Å². The lowest BCUT2D eigenvalue weighted by atomic mass is 10.1. The molecule has 0 saturated heterocycles. The van der Waals surface area contributed by atoms with Gasteiger partial charge in [0.1, 0.15) is 0 Å². The Morgan fingerprint density at radius 2 is 2.16 bits per heavy atom. The predicted octanol–water partition coefficient (Wildman–Crippen LogP) is 2.27. The maximum absolute atomic E-state index is 7.50. The summed E-state index contributed by atoms with van der Waals surface area (Å²) in [5.74, 6) is 1.77. The number of hydrogen-bond donors (Lipinski definition) is 2. The van der Waals surface area contributed by atoms with E-state index in [-0.39, 0.29) is 17.9 Å². The zero-order valence-electron chi connectivity index (χ0n) is 12.2. The Kier molecular flexibility index (Phi) is 5.60. The number of hydrogen-bond acceptors (Lipinski definition) is 4. The molecule has 1 heterocycles. The van der Waals surface area contributed by atoms with Crippen LogP contribution in [0.3, 0.4) is 0 Å². The fourth-order valence-electron chi connectivity index (χ4n) is 1.76. The van der Waals surface area contributed by atoms with E-state index in [1.807, 2.05) is 32.9 Å². The molecule has 0 aliphatic heterocycles. The van der Waals surface area contributed by atoms with Crippen LogP contribution in [-0.2, 0) is 0 Å². The normalized spacial score (nSPS) is 12.3. The third-order valence-electron chi connectivity index (χ3n) is 2.82. The van der Waals surface area contributed by atoms with E-state index in [1.165, 1.54) is 0 Å². The standard InChI is InChI=1S/C14H24N4O/c1-5-18(9-11(4)13(15)16)14-12(19-10(2)3)7-6-8-17-14/h6-8,10-11H,5,9H2,1-4H3,(H3,15,16). The van der Waals surface area contributed by atoms with E-state index < -0.39 is 0 Å². The Labute approximate surface area is 115 Å². The van der Waals surface area contributed by atoms with Crippen LogP contribution in [-0.4, -0.2) is 30.0 Å². The van der Waals surface area contributed by atoms with Crippen LogP contribution in [0.4, 0.5) is 5.82 Å². The fourth-order valence-corrected chi connectivity index (χ4v) is 1.76. The molecule has 0 saturated carbocycles. The minimum absolute atomic E-state index is 0.00569. The van der Waals surface area contributed by atoms with Gasteiger partial charge in [-0.3, -0.25) is 5.41 Å². The Bertz CT molecular complexity index is 420. The molecule has 1 rings (SSSR count). The summed E-state index contributed by atoms with van der Waals surface area (Å²) in [5.41, 5.74) is 5.54. The van der Waals surface area contributed by atoms with E-state index in [9.17, 15) is 0 Å². The Balaban J connectivity index is 2.94. The summed E-state index contributed by atoms with van der Waals surface area (Å²) in [6.07, 6.45) is 1.86. The first-order chi connectivity index (χ1) is 8.95. The molecule has 0 bridgehead atoms. The number of aromatic nitrogens is 1. The second-order valence-corrected chi connectivity index (χ2v) is 4.89. The zero-order valence-corrected chi connectivity index (χ0v) is 12.2. The summed E-state index contributed by atoms with van der Waals surface area (Å²) < 4.78 is 5.78. The monoisotopic (exact) mass is 264 g/mol. The second-order valence-electron chi connectivity index (χ2n) is 4.89. The number of nitrogens with zero attached hydrogens (tertiary/aromatic N) is 2. The number of nitrogens with one attached hydrogen (secondary N) is 1. The molecular formula is C14H24N4O. The molecule has 106 valence electrons. The van der Waals surface area contributed by atoms with Crippen LogP contribution < -0.4 is 15.4 Å². The first-order valence-corrected chi connectivity index (χ1v) is 6.66. The highest BCUT2D eigenvalue weighted by atomic mass is 16.5. The summed E-state index contributed by atoms with van der Waals surface area (Å²) in [6, 6.07) is 3.78. The van der Waals surface area contributed by atoms with Gasteiger partial charge in [0.2, 0.25) is 0 Å². The first kappa shape index (κ1) is 15.3. The third kappa shape index (κ3) is 4.43. The molecule has 19 heavy (non-hydrogen) atoms. The Morgan fingerprint density at radius 3 is 2.68 bits per heavy atom. The number of anilines is 1. The van der Waals surface area contributed by atoms with Crippen molar-refractivity contribution in [3.8, 4) is 5.75 Å². The van der Waals surface area contributed by atoms with Crippen LogP contribution in [0, 0.1) is 11.3 Å². The predicted molar refractivity (Wildman–Crippen MR) is 79.0 cm³/mol. The minimum atomic E-state index is -0.00569. The molecule has 0 aliphatic carbocycles. The molecule has 1 aromatic rings. The number of nitrogens with two attached hydrogens (primary N) is 1. The molecule has 0 aromatic carbocycles. The van der Waals surface area contributed by atoms with Crippen LogP contribution in [0.5, 0.6) is 5.75 Å². The average molecular weight is 264 g/mol. The van der Waals surface area contributed by atoms with Gasteiger partial charge in [0, 0.05) is 25.2 Å². The summed E-state index contributed by atoms with van der Waals surface area (Å²) in [4.78, 5) is 6.49. The van der Waals surface area contributed by atoms with E-state index >= 15 is 0 Å². The van der Waals surface area contributed by atoms with E-state index in [0.717, 1.165) is 18.1 Å². The van der Waals surface area contributed by atoms with Gasteiger partial charge in [-0.1, -0.05) is 6.92 Å². The van der Waals surface area contributed by atoms with Crippen LogP contribution >= 0.6 is 0 Å². The van der Waals surface area contributed by atoms with E-state index in [4.69, 9.17) is 15.9 Å². The maximum Gasteiger partial charge on any atom is 0.171 e. The lowest BCUT2D eigenvalue weighted by molar-refractivity contribution is 0.242. The summed E-state index contributed by atoms with van der Waals surface area (Å²) in [7, 11) is 0. The van der Waals surface area contributed by atoms with E-state index in [1.54, 1.807) is 6.20 Å². The number of pyridine rings is 1. The lowest BCUT2D eigenvalue weighted by Crippen LogP contribution is -2.35. The molecule has 1 aromatic heterocycles. The van der Waals surface area contributed by atoms with Crippen LogP contribution in [0.15, 0.2) is 18.3 Å². The molecule has 0 amide bonds. The largest absolute Gasteiger partial charge is 0.487 e. The first-order valence-electron chi connectivity index (χ1n) is 6.66. The summed E-state index contributed by atoms with van der Waals surface area (Å²) >= 11 is 0. The van der Waals surface area contributed by atoms with Gasteiger partial charge in [-0.2, -0.15) is 0 Å². The van der Waals surface area contributed by atoms with Gasteiger partial charge in [-0.05, 0) is 32.9 Å². The van der Waals surface area contributed by atoms with Gasteiger partial charge in [-0.25, -0.2) is 4.98 Å². The molecule has 3 N–H and O–H groups in total. The molecule has 5 nitrogen and oxygen atoms in total. The lowest BCUT2D eigenvalue weighted by Gasteiger charge is -2.27. The Hall–Kier alpha value is -1.78. The van der Waals surface area contributed by atoms with Crippen molar-refractivity contribution in [3.63, 3.8) is 0 Å². The average Bonchev–Trinajstić information content (AvgIpc) is 2.35. The van der Waals surface area contributed by atoms with E-state index in [0.29, 0.717) is 6.54 Å². The van der Waals surface area contributed by atoms with Gasteiger partial charge in [0.25, 0.3) is 0 Å².